The summed E-state index contributed by atoms with van der Waals surface area (Å²) in [5.41, 5.74) is 0.324. The van der Waals surface area contributed by atoms with Crippen molar-refractivity contribution < 1.29 is 9.84 Å². The Labute approximate surface area is 111 Å². The predicted octanol–water partition coefficient (Wildman–Crippen LogP) is 3.47. The van der Waals surface area contributed by atoms with Gasteiger partial charge in [0.2, 0.25) is 0 Å². The van der Waals surface area contributed by atoms with Crippen molar-refractivity contribution in [3.63, 3.8) is 0 Å². The second kappa shape index (κ2) is 5.15. The Morgan fingerprint density at radius 3 is 2.82 bits per heavy atom. The van der Waals surface area contributed by atoms with Crippen LogP contribution >= 0.6 is 23.2 Å². The first-order valence-electron chi connectivity index (χ1n) is 5.76. The van der Waals surface area contributed by atoms with Gasteiger partial charge in [-0.1, -0.05) is 29.3 Å². The van der Waals surface area contributed by atoms with E-state index in [0.29, 0.717) is 35.9 Å². The molecule has 4 heteroatoms. The summed E-state index contributed by atoms with van der Waals surface area (Å²) in [7, 11) is 0. The molecule has 0 aliphatic carbocycles. The van der Waals surface area contributed by atoms with Crippen LogP contribution in [0.5, 0.6) is 0 Å². The molecular weight excluding hydrogens is 259 g/mol. The molecule has 0 spiro atoms. The maximum absolute atomic E-state index is 10.5. The van der Waals surface area contributed by atoms with E-state index in [1.165, 1.54) is 0 Å². The first kappa shape index (κ1) is 13.2. The Morgan fingerprint density at radius 2 is 2.18 bits per heavy atom. The number of hydrogen-bond donors (Lipinski definition) is 1. The van der Waals surface area contributed by atoms with Crippen molar-refractivity contribution in [1.29, 1.82) is 0 Å². The first-order valence-corrected chi connectivity index (χ1v) is 6.52. The lowest BCUT2D eigenvalue weighted by Gasteiger charge is -2.35. The molecule has 0 bridgehead atoms. The normalized spacial score (nSPS) is 29.3. The van der Waals surface area contributed by atoms with E-state index in [-0.39, 0.29) is 6.10 Å². The molecule has 2 atom stereocenters. The third-order valence-corrected chi connectivity index (χ3v) is 3.89. The number of rotatable bonds is 2. The van der Waals surface area contributed by atoms with Crippen molar-refractivity contribution in [3.05, 3.63) is 33.8 Å². The first-order chi connectivity index (χ1) is 7.98. The molecule has 1 aromatic rings. The van der Waals surface area contributed by atoms with Gasteiger partial charge in [-0.15, -0.1) is 0 Å². The second-order valence-corrected chi connectivity index (χ2v) is 5.60. The Balaban J connectivity index is 2.11. The molecule has 1 saturated heterocycles. The highest BCUT2D eigenvalue weighted by atomic mass is 35.5. The van der Waals surface area contributed by atoms with Crippen LogP contribution < -0.4 is 0 Å². The van der Waals surface area contributed by atoms with Crippen molar-refractivity contribution in [3.8, 4) is 0 Å². The molecule has 2 rings (SSSR count). The summed E-state index contributed by atoms with van der Waals surface area (Å²) >= 11 is 11.8. The quantitative estimate of drug-likeness (QED) is 0.895. The van der Waals surface area contributed by atoms with E-state index in [2.05, 4.69) is 0 Å². The molecule has 1 N–H and O–H groups in total. The molecule has 1 fully saturated rings. The molecular formula is C13H16Cl2O2. The van der Waals surface area contributed by atoms with Crippen molar-refractivity contribution >= 4 is 23.2 Å². The van der Waals surface area contributed by atoms with Crippen molar-refractivity contribution in [2.45, 2.75) is 37.9 Å². The van der Waals surface area contributed by atoms with E-state index >= 15 is 0 Å². The van der Waals surface area contributed by atoms with Crippen LogP contribution in [0.4, 0.5) is 0 Å². The molecule has 1 heterocycles. The predicted molar refractivity (Wildman–Crippen MR) is 69.8 cm³/mol. The minimum atomic E-state index is -0.686. The molecule has 0 aromatic heterocycles. The van der Waals surface area contributed by atoms with Gasteiger partial charge in [0.25, 0.3) is 0 Å². The van der Waals surface area contributed by atoms with Gasteiger partial charge in [0.05, 0.1) is 21.8 Å². The smallest absolute Gasteiger partial charge is 0.0734 e. The van der Waals surface area contributed by atoms with Gasteiger partial charge in [-0.25, -0.2) is 0 Å². The summed E-state index contributed by atoms with van der Waals surface area (Å²) in [4.78, 5) is 0. The third-order valence-electron chi connectivity index (χ3n) is 3.15. The van der Waals surface area contributed by atoms with E-state index in [1.807, 2.05) is 19.1 Å². The summed E-state index contributed by atoms with van der Waals surface area (Å²) < 4.78 is 5.45. The van der Waals surface area contributed by atoms with Crippen LogP contribution in [0.3, 0.4) is 0 Å². The lowest BCUT2D eigenvalue weighted by atomic mass is 9.85. The molecule has 1 aromatic carbocycles. The fourth-order valence-corrected chi connectivity index (χ4v) is 2.66. The maximum atomic E-state index is 10.5. The minimum Gasteiger partial charge on any atom is -0.389 e. The highest BCUT2D eigenvalue weighted by molar-refractivity contribution is 6.42. The third kappa shape index (κ3) is 3.35. The Bertz CT molecular complexity index is 408. The monoisotopic (exact) mass is 274 g/mol. The van der Waals surface area contributed by atoms with Gasteiger partial charge >= 0.3 is 0 Å². The maximum Gasteiger partial charge on any atom is 0.0734 e. The number of hydrogen-bond acceptors (Lipinski definition) is 2. The fraction of sp³-hybridized carbons (Fsp3) is 0.538. The molecule has 0 saturated carbocycles. The molecule has 2 unspecified atom stereocenters. The SMILES string of the molecule is CC1CC(O)(Cc2ccc(Cl)c(Cl)c2)CCO1. The number of benzene rings is 1. The zero-order chi connectivity index (χ0) is 12.5. The van der Waals surface area contributed by atoms with Crippen LogP contribution in [0.25, 0.3) is 0 Å². The van der Waals surface area contributed by atoms with Gasteiger partial charge in [-0.3, -0.25) is 0 Å². The Kier molecular flexibility index (Phi) is 3.99. The van der Waals surface area contributed by atoms with Crippen LogP contribution in [0.15, 0.2) is 18.2 Å². The van der Waals surface area contributed by atoms with Crippen molar-refractivity contribution in [2.24, 2.45) is 0 Å². The average Bonchev–Trinajstić information content (AvgIpc) is 2.22. The lowest BCUT2D eigenvalue weighted by Crippen LogP contribution is -2.41. The number of ether oxygens (including phenoxy) is 1. The zero-order valence-corrected chi connectivity index (χ0v) is 11.3. The largest absolute Gasteiger partial charge is 0.389 e. The van der Waals surface area contributed by atoms with Crippen LogP contribution in [-0.4, -0.2) is 23.4 Å². The van der Waals surface area contributed by atoms with Crippen LogP contribution in [0.1, 0.15) is 25.3 Å². The molecule has 1 aliphatic rings. The van der Waals surface area contributed by atoms with Crippen LogP contribution in [0, 0.1) is 0 Å². The van der Waals surface area contributed by atoms with E-state index in [4.69, 9.17) is 27.9 Å². The highest BCUT2D eigenvalue weighted by Crippen LogP contribution is 2.30. The van der Waals surface area contributed by atoms with Crippen LogP contribution in [-0.2, 0) is 11.2 Å². The summed E-state index contributed by atoms with van der Waals surface area (Å²) in [5, 5.41) is 11.6. The van der Waals surface area contributed by atoms with E-state index < -0.39 is 5.60 Å². The average molecular weight is 275 g/mol. The number of halogens is 2. The summed E-state index contributed by atoms with van der Waals surface area (Å²) in [5.74, 6) is 0. The molecule has 17 heavy (non-hydrogen) atoms. The topological polar surface area (TPSA) is 29.5 Å². The fourth-order valence-electron chi connectivity index (χ4n) is 2.34. The van der Waals surface area contributed by atoms with E-state index in [1.54, 1.807) is 6.07 Å². The van der Waals surface area contributed by atoms with Gasteiger partial charge in [0, 0.05) is 19.4 Å². The molecule has 2 nitrogen and oxygen atoms in total. The van der Waals surface area contributed by atoms with Gasteiger partial charge in [-0.05, 0) is 31.0 Å². The standard InChI is InChI=1S/C13H16Cl2O2/c1-9-7-13(16,4-5-17-9)8-10-2-3-11(14)12(15)6-10/h2-3,6,9,16H,4-5,7-8H2,1H3. The van der Waals surface area contributed by atoms with Gasteiger partial charge < -0.3 is 9.84 Å². The number of aliphatic hydroxyl groups is 1. The molecule has 0 radical (unpaired) electrons. The van der Waals surface area contributed by atoms with E-state index in [0.717, 1.165) is 5.56 Å². The minimum absolute atomic E-state index is 0.108. The summed E-state index contributed by atoms with van der Waals surface area (Å²) in [6, 6.07) is 5.50. The van der Waals surface area contributed by atoms with Gasteiger partial charge in [0.1, 0.15) is 0 Å². The van der Waals surface area contributed by atoms with Gasteiger partial charge in [0.15, 0.2) is 0 Å². The van der Waals surface area contributed by atoms with Crippen LogP contribution in [0.2, 0.25) is 10.0 Å². The zero-order valence-electron chi connectivity index (χ0n) is 9.75. The highest BCUT2D eigenvalue weighted by Gasteiger charge is 2.33. The Morgan fingerprint density at radius 1 is 1.41 bits per heavy atom. The molecule has 94 valence electrons. The summed E-state index contributed by atoms with van der Waals surface area (Å²) in [6.07, 6.45) is 2.03. The summed E-state index contributed by atoms with van der Waals surface area (Å²) in [6.45, 7) is 2.60. The van der Waals surface area contributed by atoms with Gasteiger partial charge in [-0.2, -0.15) is 0 Å². The van der Waals surface area contributed by atoms with Crippen molar-refractivity contribution in [2.75, 3.05) is 6.61 Å². The van der Waals surface area contributed by atoms with Crippen molar-refractivity contribution in [1.82, 2.24) is 0 Å². The molecule has 1 aliphatic heterocycles. The molecule has 0 amide bonds. The second-order valence-electron chi connectivity index (χ2n) is 4.79. The lowest BCUT2D eigenvalue weighted by molar-refractivity contribution is -0.0961. The Hall–Kier alpha value is -0.280. The van der Waals surface area contributed by atoms with E-state index in [9.17, 15) is 5.11 Å².